The summed E-state index contributed by atoms with van der Waals surface area (Å²) in [6, 6.07) is 34.6. The number of nitrogens with zero attached hydrogens (tertiary/aromatic N) is 2. The molecule has 0 unspecified atom stereocenters. The molecular formula is C35H25N3O3. The summed E-state index contributed by atoms with van der Waals surface area (Å²) in [5.74, 6) is 0.0619. The van der Waals surface area contributed by atoms with Gasteiger partial charge in [-0.25, -0.2) is 4.68 Å². The summed E-state index contributed by atoms with van der Waals surface area (Å²) in [4.78, 5) is 25.5. The van der Waals surface area contributed by atoms with Crippen molar-refractivity contribution < 1.29 is 14.0 Å². The number of hydrogen-bond donors (Lipinski definition) is 1. The first-order valence-corrected chi connectivity index (χ1v) is 13.1. The van der Waals surface area contributed by atoms with E-state index in [-0.39, 0.29) is 11.7 Å². The summed E-state index contributed by atoms with van der Waals surface area (Å²) in [6.07, 6.45) is 9.75. The molecule has 0 aliphatic heterocycles. The van der Waals surface area contributed by atoms with Gasteiger partial charge in [0, 0.05) is 34.7 Å². The third-order valence-electron chi connectivity index (χ3n) is 6.56. The second-order valence-corrected chi connectivity index (χ2v) is 9.39. The Morgan fingerprint density at radius 3 is 2.41 bits per heavy atom. The number of allylic oxidation sites excluding steroid dienone is 1. The van der Waals surface area contributed by atoms with Gasteiger partial charge in [0.05, 0.1) is 17.6 Å². The van der Waals surface area contributed by atoms with E-state index >= 15 is 0 Å². The summed E-state index contributed by atoms with van der Waals surface area (Å²) in [5.41, 5.74) is 4.43. The number of nitrogens with one attached hydrogen (secondary N) is 1. The van der Waals surface area contributed by atoms with Crippen LogP contribution in [0.2, 0.25) is 0 Å². The van der Waals surface area contributed by atoms with Gasteiger partial charge in [-0.05, 0) is 71.5 Å². The fourth-order valence-electron chi connectivity index (χ4n) is 4.52. The first-order valence-electron chi connectivity index (χ1n) is 13.1. The van der Waals surface area contributed by atoms with Crippen LogP contribution in [0, 0.1) is 0 Å². The van der Waals surface area contributed by atoms with Crippen molar-refractivity contribution >= 4 is 40.3 Å². The summed E-state index contributed by atoms with van der Waals surface area (Å²) >= 11 is 0. The van der Waals surface area contributed by atoms with Gasteiger partial charge in [-0.1, -0.05) is 66.7 Å². The zero-order valence-corrected chi connectivity index (χ0v) is 22.0. The quantitative estimate of drug-likeness (QED) is 0.159. The summed E-state index contributed by atoms with van der Waals surface area (Å²) < 4.78 is 7.03. The van der Waals surface area contributed by atoms with Crippen LogP contribution in [0.15, 0.2) is 138 Å². The molecule has 4 aromatic carbocycles. The van der Waals surface area contributed by atoms with Crippen LogP contribution in [-0.2, 0) is 4.79 Å². The second kappa shape index (κ2) is 11.6. The maximum absolute atomic E-state index is 13.2. The van der Waals surface area contributed by atoms with Gasteiger partial charge in [-0.2, -0.15) is 5.10 Å². The largest absolute Gasteiger partial charge is 0.465 e. The van der Waals surface area contributed by atoms with E-state index in [4.69, 9.17) is 9.52 Å². The maximum atomic E-state index is 13.2. The van der Waals surface area contributed by atoms with E-state index in [1.807, 2.05) is 59.4 Å². The zero-order valence-electron chi connectivity index (χ0n) is 22.0. The molecule has 0 fully saturated rings. The molecule has 6 aromatic rings. The predicted molar refractivity (Wildman–Crippen MR) is 163 cm³/mol. The molecule has 2 aromatic heterocycles. The first kappa shape index (κ1) is 25.5. The number of hydrogen-bond acceptors (Lipinski definition) is 4. The van der Waals surface area contributed by atoms with Crippen molar-refractivity contribution in [1.29, 1.82) is 0 Å². The van der Waals surface area contributed by atoms with Gasteiger partial charge >= 0.3 is 0 Å². The second-order valence-electron chi connectivity index (χ2n) is 9.39. The lowest BCUT2D eigenvalue weighted by atomic mass is 10.0. The number of amides is 1. The number of rotatable bonds is 8. The molecule has 1 N–H and O–H groups in total. The molecule has 0 saturated heterocycles. The molecule has 0 saturated carbocycles. The third kappa shape index (κ3) is 5.97. The number of fused-ring (bicyclic) bond motifs is 1. The van der Waals surface area contributed by atoms with Gasteiger partial charge < -0.3 is 9.73 Å². The van der Waals surface area contributed by atoms with Crippen LogP contribution in [0.4, 0.5) is 5.69 Å². The minimum atomic E-state index is -0.324. The van der Waals surface area contributed by atoms with Crippen molar-refractivity contribution in [2.45, 2.75) is 0 Å². The Morgan fingerprint density at radius 1 is 0.756 bits per heavy atom. The highest BCUT2D eigenvalue weighted by Gasteiger charge is 2.12. The minimum absolute atomic E-state index is 0.191. The predicted octanol–water partition coefficient (Wildman–Crippen LogP) is 7.83. The summed E-state index contributed by atoms with van der Waals surface area (Å²) in [7, 11) is 0. The number of ketones is 1. The van der Waals surface area contributed by atoms with Gasteiger partial charge in [-0.3, -0.25) is 9.59 Å². The molecule has 0 radical (unpaired) electrons. The van der Waals surface area contributed by atoms with Crippen LogP contribution < -0.4 is 5.32 Å². The Kier molecular flexibility index (Phi) is 7.19. The average molecular weight is 536 g/mol. The molecule has 0 spiro atoms. The minimum Gasteiger partial charge on any atom is -0.465 e. The number of carbonyl (C=O) groups is 2. The number of carbonyl (C=O) groups excluding carboxylic acids is 2. The van der Waals surface area contributed by atoms with E-state index in [9.17, 15) is 9.59 Å². The lowest BCUT2D eigenvalue weighted by molar-refractivity contribution is -0.111. The van der Waals surface area contributed by atoms with Crippen molar-refractivity contribution in [1.82, 2.24) is 9.78 Å². The Labute approximate surface area is 236 Å². The number of aromatic nitrogens is 2. The van der Waals surface area contributed by atoms with Crippen molar-refractivity contribution in [3.05, 3.63) is 151 Å². The van der Waals surface area contributed by atoms with Gasteiger partial charge in [0.2, 0.25) is 5.91 Å². The molecular weight excluding hydrogens is 510 g/mol. The van der Waals surface area contributed by atoms with Crippen molar-refractivity contribution in [2.75, 3.05) is 5.32 Å². The van der Waals surface area contributed by atoms with Crippen molar-refractivity contribution in [3.8, 4) is 16.9 Å². The highest BCUT2D eigenvalue weighted by molar-refractivity contribution is 6.08. The van der Waals surface area contributed by atoms with E-state index in [0.29, 0.717) is 17.0 Å². The molecule has 0 bridgehead atoms. The molecule has 41 heavy (non-hydrogen) atoms. The molecule has 6 heteroatoms. The van der Waals surface area contributed by atoms with Crippen molar-refractivity contribution in [2.24, 2.45) is 0 Å². The van der Waals surface area contributed by atoms with Crippen LogP contribution in [-0.4, -0.2) is 21.5 Å². The number of para-hydroxylation sites is 1. The van der Waals surface area contributed by atoms with Crippen LogP contribution in [0.5, 0.6) is 0 Å². The number of benzene rings is 4. The van der Waals surface area contributed by atoms with E-state index < -0.39 is 0 Å². The summed E-state index contributed by atoms with van der Waals surface area (Å²) in [6.45, 7) is 0. The molecule has 6 rings (SSSR count). The smallest absolute Gasteiger partial charge is 0.248 e. The zero-order chi connectivity index (χ0) is 28.0. The molecule has 1 amide bonds. The molecule has 6 nitrogen and oxygen atoms in total. The van der Waals surface area contributed by atoms with E-state index in [1.165, 1.54) is 18.4 Å². The molecule has 198 valence electrons. The fraction of sp³-hybridized carbons (Fsp3) is 0. The Balaban J connectivity index is 1.26. The lowest BCUT2D eigenvalue weighted by Crippen LogP contribution is -2.08. The monoisotopic (exact) mass is 535 g/mol. The lowest BCUT2D eigenvalue weighted by Gasteiger charge is -2.04. The van der Waals surface area contributed by atoms with Gasteiger partial charge in [0.15, 0.2) is 5.78 Å². The normalized spacial score (nSPS) is 11.4. The van der Waals surface area contributed by atoms with Gasteiger partial charge in [0.25, 0.3) is 0 Å². The van der Waals surface area contributed by atoms with Crippen LogP contribution in [0.3, 0.4) is 0 Å². The molecule has 0 aliphatic rings. The van der Waals surface area contributed by atoms with Crippen LogP contribution in [0.1, 0.15) is 21.7 Å². The average Bonchev–Trinajstić information content (AvgIpc) is 3.70. The fourth-order valence-corrected chi connectivity index (χ4v) is 4.52. The molecule has 0 aliphatic carbocycles. The molecule has 2 heterocycles. The standard InChI is InChI=1S/C35H25N3O3/c39-33(27-10-6-11-30(23-27)36-34(40)20-18-32-14-7-21-41-32)19-17-29-24-38(31-12-2-1-3-13-31)37-35(29)28-16-15-25-8-4-5-9-26(25)22-28/h1-24H,(H,36,40)/b19-17+,20-18+. The van der Waals surface area contributed by atoms with E-state index in [2.05, 4.69) is 29.6 Å². The van der Waals surface area contributed by atoms with Crippen LogP contribution >= 0.6 is 0 Å². The Hall–Kier alpha value is -5.75. The Bertz CT molecular complexity index is 1900. The maximum Gasteiger partial charge on any atom is 0.248 e. The van der Waals surface area contributed by atoms with Gasteiger partial charge in [-0.15, -0.1) is 0 Å². The SMILES string of the molecule is O=C(/C=C/c1ccco1)Nc1cccc(C(=O)/C=C/c2cn(-c3ccccc3)nc2-c2ccc3ccccc3c2)c1. The highest BCUT2D eigenvalue weighted by atomic mass is 16.3. The summed E-state index contributed by atoms with van der Waals surface area (Å²) in [5, 5.41) is 9.93. The van der Waals surface area contributed by atoms with Crippen molar-refractivity contribution in [3.63, 3.8) is 0 Å². The number of furan rings is 1. The molecule has 0 atom stereocenters. The van der Waals surface area contributed by atoms with Gasteiger partial charge in [0.1, 0.15) is 5.76 Å². The van der Waals surface area contributed by atoms with E-state index in [1.54, 1.807) is 48.6 Å². The van der Waals surface area contributed by atoms with E-state index in [0.717, 1.165) is 33.3 Å². The topological polar surface area (TPSA) is 77.1 Å². The number of anilines is 1. The third-order valence-corrected chi connectivity index (χ3v) is 6.56. The van der Waals surface area contributed by atoms with Crippen LogP contribution in [0.25, 0.3) is 39.9 Å². The highest BCUT2D eigenvalue weighted by Crippen LogP contribution is 2.28. The first-order chi connectivity index (χ1) is 20.1. The Morgan fingerprint density at radius 2 is 1.59 bits per heavy atom.